The quantitative estimate of drug-likeness (QED) is 0.711. The summed E-state index contributed by atoms with van der Waals surface area (Å²) in [6.45, 7) is 4.73. The molecule has 0 aromatic heterocycles. The lowest BCUT2D eigenvalue weighted by Gasteiger charge is -2.25. The number of hydrogen-bond donors (Lipinski definition) is 0. The summed E-state index contributed by atoms with van der Waals surface area (Å²) < 4.78 is 27.1. The maximum Gasteiger partial charge on any atom is 0.306 e. The molecule has 5 nitrogen and oxygen atoms in total. The largest absolute Gasteiger partial charge is 0.383 e. The summed E-state index contributed by atoms with van der Waals surface area (Å²) in [6.07, 6.45) is 1.00. The molecule has 0 aliphatic carbocycles. The van der Waals surface area contributed by atoms with Crippen LogP contribution in [0.2, 0.25) is 0 Å². The molecule has 0 saturated heterocycles. The van der Waals surface area contributed by atoms with Crippen LogP contribution in [0.25, 0.3) is 0 Å². The normalized spacial score (nSPS) is 11.4. The minimum Gasteiger partial charge on any atom is -0.383 e. The van der Waals surface area contributed by atoms with E-state index in [-0.39, 0.29) is 17.6 Å². The first-order valence-electron chi connectivity index (χ1n) is 8.06. The van der Waals surface area contributed by atoms with E-state index < -0.39 is 10.1 Å². The molecular formula is C19H23NO4S. The Balaban J connectivity index is 2.14. The first kappa shape index (κ1) is 19.0. The van der Waals surface area contributed by atoms with Gasteiger partial charge in [-0.25, -0.2) is 0 Å². The molecule has 6 heteroatoms. The van der Waals surface area contributed by atoms with Crippen molar-refractivity contribution in [3.8, 4) is 5.75 Å². The molecule has 134 valence electrons. The van der Waals surface area contributed by atoms with Crippen LogP contribution in [-0.4, -0.2) is 25.5 Å². The smallest absolute Gasteiger partial charge is 0.306 e. The van der Waals surface area contributed by atoms with Gasteiger partial charge in [0.1, 0.15) is 5.75 Å². The zero-order chi connectivity index (χ0) is 18.4. The number of carbonyl (C=O) groups excluding carboxylic acids is 1. The fourth-order valence-corrected chi connectivity index (χ4v) is 2.89. The number of rotatable bonds is 7. The van der Waals surface area contributed by atoms with E-state index in [0.717, 1.165) is 17.4 Å². The van der Waals surface area contributed by atoms with Gasteiger partial charge in [0.2, 0.25) is 5.91 Å². The van der Waals surface area contributed by atoms with Crippen LogP contribution in [0.5, 0.6) is 5.75 Å². The Labute approximate surface area is 149 Å². The third kappa shape index (κ3) is 6.23. The standard InChI is InChI=1S/C19H23NO4S/c1-15(2)19(21)20(13-16-7-5-4-6-8-16)14-17-9-11-18(12-10-17)24-25(3,22)23/h4-12,15H,13-14H2,1-3H3. The molecule has 0 heterocycles. The summed E-state index contributed by atoms with van der Waals surface area (Å²) in [5, 5.41) is 0. The van der Waals surface area contributed by atoms with Crippen molar-refractivity contribution in [1.29, 1.82) is 0 Å². The molecule has 25 heavy (non-hydrogen) atoms. The second kappa shape index (κ2) is 8.16. The van der Waals surface area contributed by atoms with E-state index in [4.69, 9.17) is 4.18 Å². The fraction of sp³-hybridized carbons (Fsp3) is 0.316. The van der Waals surface area contributed by atoms with Crippen molar-refractivity contribution >= 4 is 16.0 Å². The zero-order valence-corrected chi connectivity index (χ0v) is 15.5. The van der Waals surface area contributed by atoms with E-state index in [1.165, 1.54) is 0 Å². The van der Waals surface area contributed by atoms with Crippen molar-refractivity contribution in [2.24, 2.45) is 5.92 Å². The topological polar surface area (TPSA) is 63.7 Å². The summed E-state index contributed by atoms with van der Waals surface area (Å²) in [5.74, 6) is 0.230. The molecule has 0 bridgehead atoms. The monoisotopic (exact) mass is 361 g/mol. The van der Waals surface area contributed by atoms with Gasteiger partial charge in [-0.15, -0.1) is 0 Å². The van der Waals surface area contributed by atoms with E-state index in [2.05, 4.69) is 0 Å². The molecular weight excluding hydrogens is 338 g/mol. The van der Waals surface area contributed by atoms with Crippen LogP contribution in [0.1, 0.15) is 25.0 Å². The van der Waals surface area contributed by atoms with Crippen molar-refractivity contribution in [2.75, 3.05) is 6.26 Å². The first-order valence-corrected chi connectivity index (χ1v) is 9.87. The second-order valence-electron chi connectivity index (χ2n) is 6.27. The fourth-order valence-electron chi connectivity index (χ4n) is 2.43. The Bertz CT molecular complexity index is 799. The summed E-state index contributed by atoms with van der Waals surface area (Å²) >= 11 is 0. The van der Waals surface area contributed by atoms with Gasteiger partial charge in [-0.3, -0.25) is 4.79 Å². The molecule has 0 spiro atoms. The lowest BCUT2D eigenvalue weighted by atomic mass is 10.1. The minimum atomic E-state index is -3.54. The molecule has 1 amide bonds. The van der Waals surface area contributed by atoms with Gasteiger partial charge in [-0.1, -0.05) is 56.3 Å². The number of hydrogen-bond acceptors (Lipinski definition) is 4. The minimum absolute atomic E-state index is 0.0697. The van der Waals surface area contributed by atoms with Gasteiger partial charge in [0, 0.05) is 19.0 Å². The predicted molar refractivity (Wildman–Crippen MR) is 97.4 cm³/mol. The van der Waals surface area contributed by atoms with Gasteiger partial charge < -0.3 is 9.08 Å². The Hall–Kier alpha value is -2.34. The molecule has 2 aromatic rings. The summed E-state index contributed by atoms with van der Waals surface area (Å²) in [7, 11) is -3.54. The Morgan fingerprint density at radius 2 is 1.48 bits per heavy atom. The Kier molecular flexibility index (Phi) is 6.20. The highest BCUT2D eigenvalue weighted by Crippen LogP contribution is 2.17. The molecule has 0 unspecified atom stereocenters. The van der Waals surface area contributed by atoms with Crippen LogP contribution < -0.4 is 4.18 Å². The zero-order valence-electron chi connectivity index (χ0n) is 14.7. The average Bonchev–Trinajstić information content (AvgIpc) is 2.55. The van der Waals surface area contributed by atoms with E-state index in [1.54, 1.807) is 29.2 Å². The summed E-state index contributed by atoms with van der Waals surface area (Å²) in [4.78, 5) is 14.3. The van der Waals surface area contributed by atoms with Crippen LogP contribution in [0.3, 0.4) is 0 Å². The molecule has 0 atom stereocenters. The molecule has 0 N–H and O–H groups in total. The average molecular weight is 361 g/mol. The van der Waals surface area contributed by atoms with Crippen molar-refractivity contribution in [3.05, 3.63) is 65.7 Å². The lowest BCUT2D eigenvalue weighted by molar-refractivity contribution is -0.135. The van der Waals surface area contributed by atoms with E-state index >= 15 is 0 Å². The second-order valence-corrected chi connectivity index (χ2v) is 7.84. The van der Waals surface area contributed by atoms with Crippen molar-refractivity contribution in [1.82, 2.24) is 4.90 Å². The van der Waals surface area contributed by atoms with Crippen LogP contribution in [-0.2, 0) is 28.0 Å². The maximum atomic E-state index is 12.5. The van der Waals surface area contributed by atoms with Gasteiger partial charge >= 0.3 is 10.1 Å². The lowest BCUT2D eigenvalue weighted by Crippen LogP contribution is -2.33. The van der Waals surface area contributed by atoms with Gasteiger partial charge in [-0.05, 0) is 23.3 Å². The third-order valence-corrected chi connectivity index (χ3v) is 4.06. The van der Waals surface area contributed by atoms with Gasteiger partial charge in [0.25, 0.3) is 0 Å². The van der Waals surface area contributed by atoms with Gasteiger partial charge in [-0.2, -0.15) is 8.42 Å². The third-order valence-electron chi connectivity index (χ3n) is 3.57. The van der Waals surface area contributed by atoms with Crippen LogP contribution in [0.4, 0.5) is 0 Å². The molecule has 0 aliphatic rings. The molecule has 0 fully saturated rings. The van der Waals surface area contributed by atoms with Gasteiger partial charge in [0.15, 0.2) is 0 Å². The van der Waals surface area contributed by atoms with E-state index in [0.29, 0.717) is 13.1 Å². The van der Waals surface area contributed by atoms with Crippen LogP contribution >= 0.6 is 0 Å². The summed E-state index contributed by atoms with van der Waals surface area (Å²) in [5.41, 5.74) is 1.97. The van der Waals surface area contributed by atoms with Crippen LogP contribution in [0.15, 0.2) is 54.6 Å². The van der Waals surface area contributed by atoms with Gasteiger partial charge in [0.05, 0.1) is 6.26 Å². The van der Waals surface area contributed by atoms with Crippen LogP contribution in [0, 0.1) is 5.92 Å². The highest BCUT2D eigenvalue weighted by molar-refractivity contribution is 7.86. The SMILES string of the molecule is CC(C)C(=O)N(Cc1ccccc1)Cc1ccc(OS(C)(=O)=O)cc1. The first-order chi connectivity index (χ1) is 11.7. The maximum absolute atomic E-state index is 12.5. The molecule has 0 radical (unpaired) electrons. The Morgan fingerprint density at radius 1 is 0.960 bits per heavy atom. The van der Waals surface area contributed by atoms with E-state index in [1.807, 2.05) is 44.2 Å². The number of amides is 1. The Morgan fingerprint density at radius 3 is 1.96 bits per heavy atom. The van der Waals surface area contributed by atoms with Crippen molar-refractivity contribution in [2.45, 2.75) is 26.9 Å². The number of nitrogens with zero attached hydrogens (tertiary/aromatic N) is 1. The molecule has 2 rings (SSSR count). The van der Waals surface area contributed by atoms with Crippen molar-refractivity contribution in [3.63, 3.8) is 0 Å². The molecule has 0 saturated carbocycles. The predicted octanol–water partition coefficient (Wildman–Crippen LogP) is 3.21. The van der Waals surface area contributed by atoms with Crippen molar-refractivity contribution < 1.29 is 17.4 Å². The number of benzene rings is 2. The number of carbonyl (C=O) groups is 1. The summed E-state index contributed by atoms with van der Waals surface area (Å²) in [6, 6.07) is 16.5. The highest BCUT2D eigenvalue weighted by atomic mass is 32.2. The molecule has 0 aliphatic heterocycles. The highest BCUT2D eigenvalue weighted by Gasteiger charge is 2.18. The molecule has 2 aromatic carbocycles. The van der Waals surface area contributed by atoms with E-state index in [9.17, 15) is 13.2 Å².